The van der Waals surface area contributed by atoms with E-state index in [9.17, 15) is 19.2 Å². The fourth-order valence-electron chi connectivity index (χ4n) is 10.3. The minimum absolute atomic E-state index is 0.0376. The van der Waals surface area contributed by atoms with Gasteiger partial charge in [-0.25, -0.2) is 0 Å². The summed E-state index contributed by atoms with van der Waals surface area (Å²) in [5.41, 5.74) is 7.34. The third-order valence-electron chi connectivity index (χ3n) is 14.6. The number of amides is 4. The number of hydrogen-bond acceptors (Lipinski definition) is 9. The average molecular weight is 1000 g/mol. The van der Waals surface area contributed by atoms with E-state index in [1.54, 1.807) is 29.4 Å². The molecule has 2 aliphatic carbocycles. The van der Waals surface area contributed by atoms with E-state index in [2.05, 4.69) is 62.8 Å². The quantitative estimate of drug-likeness (QED) is 0.0344. The van der Waals surface area contributed by atoms with Crippen LogP contribution in [0.3, 0.4) is 0 Å². The summed E-state index contributed by atoms with van der Waals surface area (Å²) < 4.78 is 27.1. The molecule has 13 heteroatoms. The Morgan fingerprint density at radius 1 is 0.465 bits per heavy atom. The van der Waals surface area contributed by atoms with Crippen LogP contribution >= 0.6 is 0 Å². The monoisotopic (exact) mass is 1000 g/mol. The van der Waals surface area contributed by atoms with Crippen molar-refractivity contribution in [1.82, 2.24) is 21.3 Å². The molecule has 0 bridgehead atoms. The third kappa shape index (κ3) is 32.2. The number of rotatable bonds is 45. The molecule has 0 aromatic heterocycles. The van der Waals surface area contributed by atoms with Crippen LogP contribution in [0.5, 0.6) is 0 Å². The summed E-state index contributed by atoms with van der Waals surface area (Å²) in [6.45, 7) is 20.1. The zero-order valence-electron chi connectivity index (χ0n) is 46.5. The fraction of sp³-hybridized carbons (Fsp3) is 0.862. The third-order valence-corrected chi connectivity index (χ3v) is 14.6. The molecule has 1 atom stereocenters. The van der Waals surface area contributed by atoms with E-state index in [0.29, 0.717) is 122 Å². The molecule has 4 amide bonds. The lowest BCUT2D eigenvalue weighted by Gasteiger charge is -2.34. The molecule has 2 aliphatic rings. The zero-order chi connectivity index (χ0) is 51.8. The highest BCUT2D eigenvalue weighted by molar-refractivity contribution is 5.87. The molecule has 412 valence electrons. The summed E-state index contributed by atoms with van der Waals surface area (Å²) in [7, 11) is 1.61. The van der Waals surface area contributed by atoms with Crippen molar-refractivity contribution in [3.05, 3.63) is 22.3 Å². The van der Waals surface area contributed by atoms with E-state index in [0.717, 1.165) is 51.4 Å². The van der Waals surface area contributed by atoms with Gasteiger partial charge < -0.3 is 45.0 Å². The van der Waals surface area contributed by atoms with Gasteiger partial charge in [-0.2, -0.15) is 0 Å². The number of carbonyl (C=O) groups is 4. The molecule has 0 heterocycles. The lowest BCUT2D eigenvalue weighted by molar-refractivity contribution is -0.129. The SMILES string of the molecule is COCCOCCC(=O)NCCCOCCOCCOCCCNC(=O)[C@H](CCCCNC(=O)CCCCCCCCC1=C(C)CCCC1(C)C)NC(=O)CCCCCCCCC1=C(C)CCCC1(C)C. The van der Waals surface area contributed by atoms with Crippen LogP contribution in [0, 0.1) is 10.8 Å². The molecule has 13 nitrogen and oxygen atoms in total. The van der Waals surface area contributed by atoms with Crippen LogP contribution in [-0.4, -0.2) is 116 Å². The Bertz CT molecular complexity index is 1510. The maximum atomic E-state index is 13.4. The fourth-order valence-corrected chi connectivity index (χ4v) is 10.3. The number of allylic oxidation sites excluding steroid dienone is 4. The molecule has 71 heavy (non-hydrogen) atoms. The first-order chi connectivity index (χ1) is 34.3. The molecular formula is C58H106N4O9. The van der Waals surface area contributed by atoms with Crippen molar-refractivity contribution in [2.24, 2.45) is 10.8 Å². The predicted octanol–water partition coefficient (Wildman–Crippen LogP) is 11.2. The van der Waals surface area contributed by atoms with Gasteiger partial charge in [-0.1, -0.05) is 101 Å². The lowest BCUT2D eigenvalue weighted by atomic mass is 9.71. The van der Waals surface area contributed by atoms with Gasteiger partial charge >= 0.3 is 0 Å². The summed E-state index contributed by atoms with van der Waals surface area (Å²) in [4.78, 5) is 50.8. The van der Waals surface area contributed by atoms with Gasteiger partial charge in [0.1, 0.15) is 6.04 Å². The van der Waals surface area contributed by atoms with Gasteiger partial charge in [0, 0.05) is 59.2 Å². The molecule has 0 aliphatic heterocycles. The Kier molecular flexibility index (Phi) is 36.7. The highest BCUT2D eigenvalue weighted by atomic mass is 16.5. The summed E-state index contributed by atoms with van der Waals surface area (Å²) >= 11 is 0. The van der Waals surface area contributed by atoms with E-state index in [1.165, 1.54) is 96.3 Å². The predicted molar refractivity (Wildman–Crippen MR) is 288 cm³/mol. The van der Waals surface area contributed by atoms with Crippen LogP contribution in [0.2, 0.25) is 0 Å². The first kappa shape index (κ1) is 64.3. The van der Waals surface area contributed by atoms with Crippen molar-refractivity contribution in [2.75, 3.05) is 86.2 Å². The highest BCUT2D eigenvalue weighted by Crippen LogP contribution is 2.43. The van der Waals surface area contributed by atoms with Crippen molar-refractivity contribution in [3.8, 4) is 0 Å². The number of carbonyl (C=O) groups excluding carboxylic acids is 4. The van der Waals surface area contributed by atoms with Crippen molar-refractivity contribution < 1.29 is 42.9 Å². The van der Waals surface area contributed by atoms with Crippen LogP contribution in [0.4, 0.5) is 0 Å². The number of methoxy groups -OCH3 is 1. The molecule has 2 rings (SSSR count). The van der Waals surface area contributed by atoms with Crippen LogP contribution in [0.15, 0.2) is 22.3 Å². The summed E-state index contributed by atoms with van der Waals surface area (Å²) in [5, 5.41) is 12.0. The molecule has 0 fully saturated rings. The van der Waals surface area contributed by atoms with Crippen LogP contribution in [-0.2, 0) is 42.9 Å². The molecule has 0 unspecified atom stereocenters. The van der Waals surface area contributed by atoms with Crippen LogP contribution in [0.1, 0.15) is 221 Å². The largest absolute Gasteiger partial charge is 0.382 e. The van der Waals surface area contributed by atoms with Gasteiger partial charge in [0.15, 0.2) is 0 Å². The number of hydrogen-bond donors (Lipinski definition) is 4. The molecule has 0 aromatic carbocycles. The minimum Gasteiger partial charge on any atom is -0.382 e. The van der Waals surface area contributed by atoms with E-state index in [1.807, 2.05) is 0 Å². The van der Waals surface area contributed by atoms with E-state index in [4.69, 9.17) is 23.7 Å². The topological polar surface area (TPSA) is 163 Å². The summed E-state index contributed by atoms with van der Waals surface area (Å²) in [5.74, 6) is -0.187. The molecule has 0 spiro atoms. The van der Waals surface area contributed by atoms with Gasteiger partial charge in [0.25, 0.3) is 0 Å². The minimum atomic E-state index is -0.610. The van der Waals surface area contributed by atoms with Gasteiger partial charge in [0.2, 0.25) is 23.6 Å². The Labute approximate surface area is 433 Å². The zero-order valence-corrected chi connectivity index (χ0v) is 46.5. The average Bonchev–Trinajstić information content (AvgIpc) is 3.32. The second-order valence-corrected chi connectivity index (χ2v) is 21.7. The van der Waals surface area contributed by atoms with E-state index < -0.39 is 6.04 Å². The second kappa shape index (κ2) is 40.5. The smallest absolute Gasteiger partial charge is 0.242 e. The first-order valence-corrected chi connectivity index (χ1v) is 28.6. The van der Waals surface area contributed by atoms with Crippen LogP contribution < -0.4 is 21.3 Å². The molecule has 0 aromatic rings. The van der Waals surface area contributed by atoms with Crippen molar-refractivity contribution >= 4 is 23.6 Å². The Hall–Kier alpha value is -2.84. The first-order valence-electron chi connectivity index (χ1n) is 28.6. The van der Waals surface area contributed by atoms with E-state index in [-0.39, 0.29) is 23.6 Å². The summed E-state index contributed by atoms with van der Waals surface area (Å²) in [6.07, 6.45) is 28.5. The molecular weight excluding hydrogens is 897 g/mol. The molecule has 4 N–H and O–H groups in total. The maximum Gasteiger partial charge on any atom is 0.242 e. The Morgan fingerprint density at radius 3 is 1.41 bits per heavy atom. The standard InChI is InChI=1S/C58H106N4O9/c1-48-26-22-34-57(3,4)50(48)28-16-12-8-10-14-18-31-53(63)59-36-21-20-30-52(62-55(65)32-19-15-11-9-13-17-29-51-49(2)27-23-35-58(51,5)6)56(66)61-38-25-40-69-45-47-71-46-44-68-39-24-37-60-54(64)33-41-70-43-42-67-7/h52H,8-47H2,1-7H3,(H,59,63)(H,60,64)(H,61,66)(H,62,65)/t52-/m0/s1. The highest BCUT2D eigenvalue weighted by Gasteiger charge is 2.29. The number of unbranched alkanes of at least 4 members (excludes halogenated alkanes) is 11. The summed E-state index contributed by atoms with van der Waals surface area (Å²) in [6, 6.07) is -0.610. The normalized spacial score (nSPS) is 16.0. The van der Waals surface area contributed by atoms with E-state index >= 15 is 0 Å². The van der Waals surface area contributed by atoms with Crippen molar-refractivity contribution in [3.63, 3.8) is 0 Å². The van der Waals surface area contributed by atoms with Crippen LogP contribution in [0.25, 0.3) is 0 Å². The van der Waals surface area contributed by atoms with Crippen molar-refractivity contribution in [2.45, 2.75) is 227 Å². The maximum absolute atomic E-state index is 13.4. The van der Waals surface area contributed by atoms with Gasteiger partial charge in [-0.05, 0) is 134 Å². The second-order valence-electron chi connectivity index (χ2n) is 21.7. The van der Waals surface area contributed by atoms with Gasteiger partial charge in [0.05, 0.1) is 46.2 Å². The Morgan fingerprint density at radius 2 is 0.887 bits per heavy atom. The van der Waals surface area contributed by atoms with Gasteiger partial charge in [-0.3, -0.25) is 19.2 Å². The molecule has 0 saturated carbocycles. The van der Waals surface area contributed by atoms with Crippen molar-refractivity contribution in [1.29, 1.82) is 0 Å². The number of nitrogens with one attached hydrogen (secondary N) is 4. The van der Waals surface area contributed by atoms with Gasteiger partial charge in [-0.15, -0.1) is 0 Å². The Balaban J connectivity index is 1.60. The molecule has 0 saturated heterocycles. The molecule has 0 radical (unpaired) electrons. The lowest BCUT2D eigenvalue weighted by Crippen LogP contribution is -2.47. The number of ether oxygens (including phenoxy) is 5.